The molecular formula is C25H25F3N2O4S. The van der Waals surface area contributed by atoms with E-state index in [1.54, 1.807) is 0 Å². The summed E-state index contributed by atoms with van der Waals surface area (Å²) in [4.78, 5) is 12.6. The average Bonchev–Trinajstić information content (AvgIpc) is 2.78. The number of amides is 1. The molecule has 0 aliphatic heterocycles. The van der Waals surface area contributed by atoms with Crippen LogP contribution in [-0.4, -0.2) is 26.5 Å². The summed E-state index contributed by atoms with van der Waals surface area (Å²) in [6.45, 7) is 4.07. The van der Waals surface area contributed by atoms with Crippen LogP contribution in [0.2, 0.25) is 0 Å². The van der Waals surface area contributed by atoms with Crippen molar-refractivity contribution in [3.63, 3.8) is 0 Å². The number of halogens is 3. The van der Waals surface area contributed by atoms with Gasteiger partial charge in [-0.3, -0.25) is 4.79 Å². The Morgan fingerprint density at radius 2 is 1.74 bits per heavy atom. The van der Waals surface area contributed by atoms with E-state index in [9.17, 15) is 26.4 Å². The van der Waals surface area contributed by atoms with Gasteiger partial charge in [-0.05, 0) is 55.3 Å². The van der Waals surface area contributed by atoms with Crippen LogP contribution in [0.1, 0.15) is 32.6 Å². The minimum Gasteiger partial charge on any atom is -0.487 e. The third kappa shape index (κ3) is 7.48. The van der Waals surface area contributed by atoms with Crippen LogP contribution in [0.5, 0.6) is 5.75 Å². The first-order valence-corrected chi connectivity index (χ1v) is 12.6. The summed E-state index contributed by atoms with van der Waals surface area (Å²) in [5.74, 6) is -0.784. The number of ether oxygens (including phenoxy) is 1. The summed E-state index contributed by atoms with van der Waals surface area (Å²) in [5, 5.41) is 5.36. The van der Waals surface area contributed by atoms with Crippen LogP contribution < -0.4 is 15.4 Å². The van der Waals surface area contributed by atoms with Gasteiger partial charge in [-0.1, -0.05) is 29.8 Å². The lowest BCUT2D eigenvalue weighted by Gasteiger charge is -2.16. The van der Waals surface area contributed by atoms with Crippen LogP contribution in [-0.2, 0) is 22.6 Å². The van der Waals surface area contributed by atoms with Gasteiger partial charge in [0.05, 0.1) is 11.3 Å². The molecule has 2 N–H and O–H groups in total. The maximum absolute atomic E-state index is 13.0. The summed E-state index contributed by atoms with van der Waals surface area (Å²) in [6, 6.07) is 14.5. The van der Waals surface area contributed by atoms with Crippen molar-refractivity contribution in [1.82, 2.24) is 0 Å². The van der Waals surface area contributed by atoms with Gasteiger partial charge in [-0.15, -0.1) is 0 Å². The molecule has 0 bridgehead atoms. The van der Waals surface area contributed by atoms with Crippen molar-refractivity contribution in [3.8, 4) is 5.75 Å². The Hall–Kier alpha value is -3.53. The Bertz CT molecular complexity index is 1340. The Kier molecular flexibility index (Phi) is 7.74. The standard InChI is InChI=1S/C25H25F3N2O4S/c1-16-7-8-17(2)19(11-16)14-34-23-13-21(9-10-22(23)29-15-35(3,32)33)30-24(31)18-5-4-6-20(12-18)25(26,27)28/h4-13,29H,14-15H2,1-3H3,(H,30,31). The van der Waals surface area contributed by atoms with E-state index in [4.69, 9.17) is 4.74 Å². The predicted octanol–water partition coefficient (Wildman–Crippen LogP) is 5.57. The number of nitrogens with one attached hydrogen (secondary N) is 2. The van der Waals surface area contributed by atoms with Gasteiger partial charge in [-0.25, -0.2) is 8.42 Å². The molecule has 0 saturated heterocycles. The van der Waals surface area contributed by atoms with Crippen LogP contribution in [0.15, 0.2) is 60.7 Å². The number of aryl methyl sites for hydroxylation is 2. The molecule has 0 spiro atoms. The smallest absolute Gasteiger partial charge is 0.416 e. The Labute approximate surface area is 202 Å². The number of carbonyl (C=O) groups is 1. The molecule has 3 aromatic carbocycles. The number of carbonyl (C=O) groups excluding carboxylic acids is 1. The van der Waals surface area contributed by atoms with Crippen molar-refractivity contribution in [1.29, 1.82) is 0 Å². The number of anilines is 2. The fourth-order valence-corrected chi connectivity index (χ4v) is 3.64. The fourth-order valence-electron chi connectivity index (χ4n) is 3.23. The van der Waals surface area contributed by atoms with Gasteiger partial charge in [-0.2, -0.15) is 13.2 Å². The summed E-state index contributed by atoms with van der Waals surface area (Å²) >= 11 is 0. The molecule has 186 valence electrons. The lowest BCUT2D eigenvalue weighted by atomic mass is 10.1. The van der Waals surface area contributed by atoms with Gasteiger partial charge in [0.15, 0.2) is 9.84 Å². The van der Waals surface area contributed by atoms with Crippen LogP contribution in [0.25, 0.3) is 0 Å². The molecule has 6 nitrogen and oxygen atoms in total. The molecule has 1 amide bonds. The summed E-state index contributed by atoms with van der Waals surface area (Å²) in [5.41, 5.74) is 2.56. The van der Waals surface area contributed by atoms with Gasteiger partial charge < -0.3 is 15.4 Å². The van der Waals surface area contributed by atoms with Crippen molar-refractivity contribution in [2.75, 3.05) is 22.8 Å². The zero-order valence-corrected chi connectivity index (χ0v) is 20.2. The van der Waals surface area contributed by atoms with Crippen LogP contribution in [0.4, 0.5) is 24.5 Å². The number of sulfone groups is 1. The molecule has 35 heavy (non-hydrogen) atoms. The quantitative estimate of drug-likeness (QED) is 0.418. The summed E-state index contributed by atoms with van der Waals surface area (Å²) < 4.78 is 68.1. The van der Waals surface area contributed by atoms with Crippen LogP contribution in [0.3, 0.4) is 0 Å². The first-order valence-electron chi connectivity index (χ1n) is 10.5. The third-order valence-electron chi connectivity index (χ3n) is 5.10. The molecule has 0 radical (unpaired) electrons. The molecule has 0 heterocycles. The summed E-state index contributed by atoms with van der Waals surface area (Å²) in [7, 11) is -3.33. The molecule has 3 rings (SSSR count). The monoisotopic (exact) mass is 506 g/mol. The van der Waals surface area contributed by atoms with E-state index < -0.39 is 27.5 Å². The molecule has 0 unspecified atom stereocenters. The molecule has 0 fully saturated rings. The van der Waals surface area contributed by atoms with Gasteiger partial charge in [0.2, 0.25) is 0 Å². The maximum Gasteiger partial charge on any atom is 0.416 e. The molecule has 10 heteroatoms. The second kappa shape index (κ2) is 10.4. The first kappa shape index (κ1) is 26.1. The second-order valence-corrected chi connectivity index (χ2v) is 10.3. The minimum absolute atomic E-state index is 0.156. The van der Waals surface area contributed by atoms with Crippen molar-refractivity contribution in [2.24, 2.45) is 0 Å². The van der Waals surface area contributed by atoms with E-state index in [2.05, 4.69) is 10.6 Å². The van der Waals surface area contributed by atoms with Gasteiger partial charge in [0.25, 0.3) is 5.91 Å². The molecule has 0 atom stereocenters. The van der Waals surface area contributed by atoms with E-state index in [0.717, 1.165) is 41.1 Å². The molecule has 0 aromatic heterocycles. The number of hydrogen-bond donors (Lipinski definition) is 2. The van der Waals surface area contributed by atoms with Crippen LogP contribution >= 0.6 is 0 Å². The van der Waals surface area contributed by atoms with Crippen LogP contribution in [0, 0.1) is 13.8 Å². The second-order valence-electron chi connectivity index (χ2n) is 8.21. The van der Waals surface area contributed by atoms with E-state index in [1.807, 2.05) is 32.0 Å². The average molecular weight is 507 g/mol. The first-order chi connectivity index (χ1) is 16.3. The highest BCUT2D eigenvalue weighted by molar-refractivity contribution is 7.90. The Balaban J connectivity index is 1.85. The number of benzene rings is 3. The zero-order chi connectivity index (χ0) is 25.8. The molecule has 0 aliphatic rings. The lowest BCUT2D eigenvalue weighted by molar-refractivity contribution is -0.137. The number of alkyl halides is 3. The van der Waals surface area contributed by atoms with E-state index in [1.165, 1.54) is 24.3 Å². The van der Waals surface area contributed by atoms with Crippen molar-refractivity contribution < 1.29 is 31.1 Å². The highest BCUT2D eigenvalue weighted by Gasteiger charge is 2.30. The SMILES string of the molecule is Cc1ccc(C)c(COc2cc(NC(=O)c3cccc(C(F)(F)F)c3)ccc2NCS(C)(=O)=O)c1. The normalized spacial score (nSPS) is 11.7. The van der Waals surface area contributed by atoms with E-state index >= 15 is 0 Å². The highest BCUT2D eigenvalue weighted by Crippen LogP contribution is 2.31. The molecular weight excluding hydrogens is 481 g/mol. The highest BCUT2D eigenvalue weighted by atomic mass is 32.2. The van der Waals surface area contributed by atoms with Crippen molar-refractivity contribution in [2.45, 2.75) is 26.6 Å². The number of rotatable bonds is 8. The van der Waals surface area contributed by atoms with Crippen molar-refractivity contribution >= 4 is 27.1 Å². The van der Waals surface area contributed by atoms with Gasteiger partial charge in [0.1, 0.15) is 18.2 Å². The maximum atomic E-state index is 13.0. The third-order valence-corrected chi connectivity index (χ3v) is 5.77. The minimum atomic E-state index is -4.57. The predicted molar refractivity (Wildman–Crippen MR) is 129 cm³/mol. The van der Waals surface area contributed by atoms with E-state index in [-0.39, 0.29) is 29.5 Å². The van der Waals surface area contributed by atoms with Crippen molar-refractivity contribution in [3.05, 3.63) is 88.5 Å². The Morgan fingerprint density at radius 3 is 2.43 bits per heavy atom. The van der Waals surface area contributed by atoms with Gasteiger partial charge >= 0.3 is 6.18 Å². The summed E-state index contributed by atoms with van der Waals surface area (Å²) in [6.07, 6.45) is -3.49. The molecule has 0 aliphatic carbocycles. The lowest BCUT2D eigenvalue weighted by Crippen LogP contribution is -2.15. The number of hydrogen-bond acceptors (Lipinski definition) is 5. The van der Waals surface area contributed by atoms with Gasteiger partial charge in [0, 0.05) is 23.6 Å². The topological polar surface area (TPSA) is 84.5 Å². The van der Waals surface area contributed by atoms with E-state index in [0.29, 0.717) is 5.69 Å². The largest absolute Gasteiger partial charge is 0.487 e. The fraction of sp³-hybridized carbons (Fsp3) is 0.240. The molecule has 0 saturated carbocycles. The molecule has 3 aromatic rings. The zero-order valence-electron chi connectivity index (χ0n) is 19.4. The Morgan fingerprint density at radius 1 is 1.00 bits per heavy atom.